The minimum absolute atomic E-state index is 0.00614. The van der Waals surface area contributed by atoms with Crippen molar-refractivity contribution >= 4 is 5.78 Å². The van der Waals surface area contributed by atoms with E-state index in [-0.39, 0.29) is 18.5 Å². The number of carbonyl (C=O) groups is 1. The first-order valence-electron chi connectivity index (χ1n) is 5.62. The second-order valence-corrected chi connectivity index (χ2v) is 3.93. The second kappa shape index (κ2) is 5.72. The maximum absolute atomic E-state index is 11.7. The average Bonchev–Trinajstić information content (AvgIpc) is 2.38. The molecule has 1 saturated heterocycles. The minimum Gasteiger partial charge on any atom is -0.370 e. The lowest BCUT2D eigenvalue weighted by atomic mass is 10.1. The molecule has 0 atom stereocenters. The first-order valence-corrected chi connectivity index (χ1v) is 5.62. The maximum atomic E-state index is 11.7. The molecule has 0 aliphatic carbocycles. The summed E-state index contributed by atoms with van der Waals surface area (Å²) in [5.74, 6) is 0.00614. The topological polar surface area (TPSA) is 51.2 Å². The van der Waals surface area contributed by atoms with E-state index in [1.165, 1.54) is 0 Å². The predicted octanol–water partition coefficient (Wildman–Crippen LogP) is 1.03. The molecule has 1 aromatic heterocycles. The summed E-state index contributed by atoms with van der Waals surface area (Å²) >= 11 is 0. The molecule has 2 rings (SSSR count). The van der Waals surface area contributed by atoms with Crippen LogP contribution in [0.2, 0.25) is 0 Å². The lowest BCUT2D eigenvalue weighted by Gasteiger charge is -2.22. The molecule has 16 heavy (non-hydrogen) atoms. The zero-order chi connectivity index (χ0) is 11.2. The zero-order valence-corrected chi connectivity index (χ0v) is 9.19. The molecule has 1 fully saturated rings. The Bertz CT molecular complexity index is 334. The van der Waals surface area contributed by atoms with Crippen molar-refractivity contribution in [3.05, 3.63) is 30.1 Å². The highest BCUT2D eigenvalue weighted by molar-refractivity contribution is 5.96. The highest BCUT2D eigenvalue weighted by Crippen LogP contribution is 2.08. The van der Waals surface area contributed by atoms with Gasteiger partial charge in [0.2, 0.25) is 0 Å². The number of carbonyl (C=O) groups excluding carboxylic acids is 1. The molecule has 1 aromatic rings. The van der Waals surface area contributed by atoms with Gasteiger partial charge in [0.15, 0.2) is 5.78 Å². The number of aromatic nitrogens is 1. The average molecular weight is 220 g/mol. The van der Waals surface area contributed by atoms with E-state index >= 15 is 0 Å². The van der Waals surface area contributed by atoms with Gasteiger partial charge in [0.05, 0.1) is 6.10 Å². The molecular weight excluding hydrogens is 204 g/mol. The summed E-state index contributed by atoms with van der Waals surface area (Å²) < 4.78 is 5.58. The van der Waals surface area contributed by atoms with Crippen LogP contribution in [0, 0.1) is 0 Å². The quantitative estimate of drug-likeness (QED) is 0.770. The third-order valence-corrected chi connectivity index (χ3v) is 2.72. The number of rotatable bonds is 4. The van der Waals surface area contributed by atoms with Gasteiger partial charge in [-0.15, -0.1) is 0 Å². The predicted molar refractivity (Wildman–Crippen MR) is 60.4 cm³/mol. The van der Waals surface area contributed by atoms with Gasteiger partial charge in [-0.1, -0.05) is 0 Å². The van der Waals surface area contributed by atoms with Crippen LogP contribution < -0.4 is 5.32 Å². The van der Waals surface area contributed by atoms with Crippen molar-refractivity contribution in [1.82, 2.24) is 10.3 Å². The van der Waals surface area contributed by atoms with Crippen LogP contribution in [0.15, 0.2) is 24.5 Å². The van der Waals surface area contributed by atoms with Crippen molar-refractivity contribution in [3.63, 3.8) is 0 Å². The molecule has 0 spiro atoms. The molecule has 4 nitrogen and oxygen atoms in total. The van der Waals surface area contributed by atoms with Gasteiger partial charge in [-0.25, -0.2) is 0 Å². The number of hydrogen-bond acceptors (Lipinski definition) is 4. The van der Waals surface area contributed by atoms with Gasteiger partial charge in [-0.3, -0.25) is 9.78 Å². The summed E-state index contributed by atoms with van der Waals surface area (Å²) in [6, 6.07) is 3.53. The smallest absolute Gasteiger partial charge is 0.190 e. The van der Waals surface area contributed by atoms with Crippen molar-refractivity contribution < 1.29 is 9.53 Å². The molecule has 0 saturated carbocycles. The van der Waals surface area contributed by atoms with E-state index in [4.69, 9.17) is 4.74 Å². The Morgan fingerprint density at radius 1 is 1.50 bits per heavy atom. The molecular formula is C12H16N2O2. The standard InChI is InChI=1S/C12H16N2O2/c15-12(10-2-1-5-14-8-10)9-16-11-3-6-13-7-4-11/h1-2,5,8,11,13H,3-4,6-7,9H2. The molecule has 2 heterocycles. The highest BCUT2D eigenvalue weighted by atomic mass is 16.5. The van der Waals surface area contributed by atoms with Crippen LogP contribution >= 0.6 is 0 Å². The molecule has 0 aromatic carbocycles. The Morgan fingerprint density at radius 3 is 3.00 bits per heavy atom. The van der Waals surface area contributed by atoms with E-state index in [2.05, 4.69) is 10.3 Å². The zero-order valence-electron chi connectivity index (χ0n) is 9.19. The van der Waals surface area contributed by atoms with Gasteiger partial charge in [0, 0.05) is 18.0 Å². The van der Waals surface area contributed by atoms with Gasteiger partial charge in [0.25, 0.3) is 0 Å². The number of hydrogen-bond donors (Lipinski definition) is 1. The second-order valence-electron chi connectivity index (χ2n) is 3.93. The summed E-state index contributed by atoms with van der Waals surface area (Å²) in [6.45, 7) is 2.12. The molecule has 1 aliphatic rings. The summed E-state index contributed by atoms with van der Waals surface area (Å²) in [5, 5.41) is 3.26. The molecule has 1 aliphatic heterocycles. The SMILES string of the molecule is O=C(COC1CCNCC1)c1cccnc1. The Labute approximate surface area is 95.0 Å². The number of nitrogens with one attached hydrogen (secondary N) is 1. The molecule has 0 radical (unpaired) electrons. The Balaban J connectivity index is 1.79. The van der Waals surface area contributed by atoms with Crippen molar-refractivity contribution in [2.45, 2.75) is 18.9 Å². The van der Waals surface area contributed by atoms with Gasteiger partial charge in [-0.2, -0.15) is 0 Å². The fraction of sp³-hybridized carbons (Fsp3) is 0.500. The van der Waals surface area contributed by atoms with Crippen LogP contribution in [0.3, 0.4) is 0 Å². The van der Waals surface area contributed by atoms with Crippen LogP contribution in [0.5, 0.6) is 0 Å². The van der Waals surface area contributed by atoms with Crippen molar-refractivity contribution in [1.29, 1.82) is 0 Å². The van der Waals surface area contributed by atoms with E-state index < -0.39 is 0 Å². The Kier molecular flexibility index (Phi) is 4.02. The molecule has 1 N–H and O–H groups in total. The first-order chi connectivity index (χ1) is 7.86. The van der Waals surface area contributed by atoms with E-state index in [1.807, 2.05) is 0 Å². The van der Waals surface area contributed by atoms with E-state index in [0.29, 0.717) is 5.56 Å². The highest BCUT2D eigenvalue weighted by Gasteiger charge is 2.15. The van der Waals surface area contributed by atoms with Crippen molar-refractivity contribution in [2.24, 2.45) is 0 Å². The normalized spacial score (nSPS) is 17.2. The molecule has 0 amide bonds. The number of piperidine rings is 1. The molecule has 86 valence electrons. The van der Waals surface area contributed by atoms with Gasteiger partial charge < -0.3 is 10.1 Å². The fourth-order valence-electron chi connectivity index (χ4n) is 1.77. The van der Waals surface area contributed by atoms with Crippen LogP contribution in [-0.2, 0) is 4.74 Å². The summed E-state index contributed by atoms with van der Waals surface area (Å²) in [6.07, 6.45) is 5.43. The van der Waals surface area contributed by atoms with Crippen LogP contribution in [0.4, 0.5) is 0 Å². The van der Waals surface area contributed by atoms with Gasteiger partial charge >= 0.3 is 0 Å². The largest absolute Gasteiger partial charge is 0.370 e. The third kappa shape index (κ3) is 3.12. The monoisotopic (exact) mass is 220 g/mol. The minimum atomic E-state index is 0.00614. The Morgan fingerprint density at radius 2 is 2.31 bits per heavy atom. The third-order valence-electron chi connectivity index (χ3n) is 2.72. The number of ether oxygens (including phenoxy) is 1. The summed E-state index contributed by atoms with van der Waals surface area (Å²) in [5.41, 5.74) is 0.622. The lowest BCUT2D eigenvalue weighted by molar-refractivity contribution is 0.0317. The first kappa shape index (κ1) is 11.2. The summed E-state index contributed by atoms with van der Waals surface area (Å²) in [7, 11) is 0. The fourth-order valence-corrected chi connectivity index (χ4v) is 1.77. The van der Waals surface area contributed by atoms with E-state index in [1.54, 1.807) is 24.5 Å². The van der Waals surface area contributed by atoms with Crippen molar-refractivity contribution in [2.75, 3.05) is 19.7 Å². The van der Waals surface area contributed by atoms with Crippen molar-refractivity contribution in [3.8, 4) is 0 Å². The molecule has 0 unspecified atom stereocenters. The van der Waals surface area contributed by atoms with Crippen LogP contribution in [0.1, 0.15) is 23.2 Å². The number of ketones is 1. The number of pyridine rings is 1. The molecule has 4 heteroatoms. The maximum Gasteiger partial charge on any atom is 0.190 e. The van der Waals surface area contributed by atoms with Gasteiger partial charge in [-0.05, 0) is 38.1 Å². The van der Waals surface area contributed by atoms with E-state index in [0.717, 1.165) is 25.9 Å². The molecule has 0 bridgehead atoms. The number of Topliss-reactive ketones (excluding diaryl/α,β-unsaturated/α-hetero) is 1. The Hall–Kier alpha value is -1.26. The van der Waals surface area contributed by atoms with Crippen LogP contribution in [0.25, 0.3) is 0 Å². The van der Waals surface area contributed by atoms with Gasteiger partial charge in [0.1, 0.15) is 6.61 Å². The van der Waals surface area contributed by atoms with Crippen LogP contribution in [-0.4, -0.2) is 36.6 Å². The number of nitrogens with zero attached hydrogens (tertiary/aromatic N) is 1. The summed E-state index contributed by atoms with van der Waals surface area (Å²) in [4.78, 5) is 15.6. The lowest BCUT2D eigenvalue weighted by Crippen LogP contribution is -2.33. The van der Waals surface area contributed by atoms with E-state index in [9.17, 15) is 4.79 Å².